The van der Waals surface area contributed by atoms with Crippen LogP contribution in [0.15, 0.2) is 53.4 Å². The maximum Gasteiger partial charge on any atom is 0.416 e. The molecule has 3 rings (SSSR count). The van der Waals surface area contributed by atoms with Gasteiger partial charge in [-0.15, -0.1) is 0 Å². The minimum Gasteiger partial charge on any atom is -0.310 e. The Morgan fingerprint density at radius 1 is 1.04 bits per heavy atom. The summed E-state index contributed by atoms with van der Waals surface area (Å²) in [5.74, 6) is -1.24. The number of rotatable bonds is 3. The van der Waals surface area contributed by atoms with E-state index < -0.39 is 39.5 Å². The molecule has 1 heterocycles. The molecule has 0 bridgehead atoms. The molecule has 1 amide bonds. The lowest BCUT2D eigenvalue weighted by molar-refractivity contribution is -0.137. The topological polar surface area (TPSA) is 57.7 Å². The van der Waals surface area contributed by atoms with E-state index in [1.807, 2.05) is 0 Å². The number of sulfonamides is 1. The van der Waals surface area contributed by atoms with E-state index in [-0.39, 0.29) is 23.7 Å². The molecule has 5 nitrogen and oxygen atoms in total. The van der Waals surface area contributed by atoms with Gasteiger partial charge in [-0.3, -0.25) is 4.79 Å². The van der Waals surface area contributed by atoms with Crippen LogP contribution in [0.5, 0.6) is 0 Å². The molecule has 1 aliphatic rings. The first-order chi connectivity index (χ1) is 13.0. The van der Waals surface area contributed by atoms with Gasteiger partial charge in [-0.25, -0.2) is 12.8 Å². The van der Waals surface area contributed by atoms with E-state index in [1.54, 1.807) is 0 Å². The number of piperazine rings is 1. The zero-order chi connectivity index (χ0) is 20.7. The van der Waals surface area contributed by atoms with Crippen molar-refractivity contribution in [2.24, 2.45) is 0 Å². The number of nitrogens with zero attached hydrogens (tertiary/aromatic N) is 2. The van der Waals surface area contributed by atoms with Gasteiger partial charge in [0.15, 0.2) is 0 Å². The van der Waals surface area contributed by atoms with Crippen LogP contribution in [-0.2, 0) is 21.0 Å². The Balaban J connectivity index is 1.87. The second kappa shape index (κ2) is 7.17. The number of hydrogen-bond donors (Lipinski definition) is 0. The highest BCUT2D eigenvalue weighted by Crippen LogP contribution is 2.33. The molecule has 2 aromatic carbocycles. The van der Waals surface area contributed by atoms with Gasteiger partial charge in [0.25, 0.3) is 0 Å². The highest BCUT2D eigenvalue weighted by Gasteiger charge is 2.40. The van der Waals surface area contributed by atoms with Crippen LogP contribution in [0.4, 0.5) is 23.2 Å². The lowest BCUT2D eigenvalue weighted by Crippen LogP contribution is -2.57. The summed E-state index contributed by atoms with van der Waals surface area (Å²) < 4.78 is 78.3. The average molecular weight is 416 g/mol. The van der Waals surface area contributed by atoms with Crippen LogP contribution in [0.3, 0.4) is 0 Å². The van der Waals surface area contributed by atoms with Crippen molar-refractivity contribution in [2.75, 3.05) is 18.0 Å². The van der Waals surface area contributed by atoms with E-state index in [2.05, 4.69) is 0 Å². The highest BCUT2D eigenvalue weighted by atomic mass is 32.2. The Hall–Kier alpha value is -2.46. The summed E-state index contributed by atoms with van der Waals surface area (Å²) in [6.45, 7) is 1.15. The number of halogens is 4. The Bertz CT molecular complexity index is 991. The molecular weight excluding hydrogens is 400 g/mol. The van der Waals surface area contributed by atoms with Gasteiger partial charge in [0, 0.05) is 18.8 Å². The number of amides is 1. The zero-order valence-electron chi connectivity index (χ0n) is 14.6. The first-order valence-electron chi connectivity index (χ1n) is 8.28. The van der Waals surface area contributed by atoms with E-state index in [1.165, 1.54) is 19.1 Å². The first-order valence-corrected chi connectivity index (χ1v) is 9.72. The maximum atomic E-state index is 13.1. The molecule has 0 aliphatic carbocycles. The standard InChI is InChI=1S/C18H16F4N2O3S/c1-12-17(25)23(15-4-2-3-13(11-15)18(20,21)22)9-10-24(12)28(26,27)16-7-5-14(19)6-8-16/h2-8,11-12H,9-10H2,1H3/t12-/m0/s1. The lowest BCUT2D eigenvalue weighted by atomic mass is 10.1. The number of carbonyl (C=O) groups excluding carboxylic acids is 1. The Kier molecular flexibility index (Phi) is 5.20. The van der Waals surface area contributed by atoms with E-state index in [0.717, 1.165) is 45.6 Å². The largest absolute Gasteiger partial charge is 0.416 e. The van der Waals surface area contributed by atoms with Gasteiger partial charge in [0.05, 0.1) is 10.5 Å². The van der Waals surface area contributed by atoms with Gasteiger partial charge in [-0.2, -0.15) is 17.5 Å². The fourth-order valence-electron chi connectivity index (χ4n) is 3.03. The van der Waals surface area contributed by atoms with Crippen LogP contribution in [0, 0.1) is 5.82 Å². The normalized spacial score (nSPS) is 19.1. The molecule has 0 aromatic heterocycles. The summed E-state index contributed by atoms with van der Waals surface area (Å²) in [5, 5.41) is 0. The summed E-state index contributed by atoms with van der Waals surface area (Å²) >= 11 is 0. The second-order valence-electron chi connectivity index (χ2n) is 6.28. The molecule has 0 N–H and O–H groups in total. The minimum atomic E-state index is -4.56. The van der Waals surface area contributed by atoms with Gasteiger partial charge in [0.2, 0.25) is 15.9 Å². The first kappa shape index (κ1) is 20.3. The molecule has 0 saturated carbocycles. The summed E-state index contributed by atoms with van der Waals surface area (Å²) in [4.78, 5) is 13.7. The monoisotopic (exact) mass is 416 g/mol. The van der Waals surface area contributed by atoms with Crippen LogP contribution in [0.1, 0.15) is 12.5 Å². The highest BCUT2D eigenvalue weighted by molar-refractivity contribution is 7.89. The van der Waals surface area contributed by atoms with E-state index in [9.17, 15) is 30.8 Å². The van der Waals surface area contributed by atoms with Crippen LogP contribution in [-0.4, -0.2) is 37.8 Å². The molecule has 0 radical (unpaired) electrons. The van der Waals surface area contributed by atoms with Crippen molar-refractivity contribution in [3.63, 3.8) is 0 Å². The van der Waals surface area contributed by atoms with Crippen molar-refractivity contribution in [3.05, 3.63) is 59.9 Å². The molecule has 150 valence electrons. The van der Waals surface area contributed by atoms with Gasteiger partial charge in [0.1, 0.15) is 11.9 Å². The van der Waals surface area contributed by atoms with Crippen molar-refractivity contribution >= 4 is 21.6 Å². The molecule has 28 heavy (non-hydrogen) atoms. The molecule has 10 heteroatoms. The molecular formula is C18H16F4N2O3S. The predicted octanol–water partition coefficient (Wildman–Crippen LogP) is 3.27. The summed E-state index contributed by atoms with van der Waals surface area (Å²) in [6, 6.07) is 7.38. The third-order valence-corrected chi connectivity index (χ3v) is 6.49. The van der Waals surface area contributed by atoms with Gasteiger partial charge in [-0.05, 0) is 49.4 Å². The fraction of sp³-hybridized carbons (Fsp3) is 0.278. The van der Waals surface area contributed by atoms with Gasteiger partial charge < -0.3 is 4.90 Å². The van der Waals surface area contributed by atoms with Crippen LogP contribution in [0.2, 0.25) is 0 Å². The van der Waals surface area contributed by atoms with E-state index in [0.29, 0.717) is 0 Å². The number of carbonyl (C=O) groups is 1. The number of anilines is 1. The smallest absolute Gasteiger partial charge is 0.310 e. The van der Waals surface area contributed by atoms with Gasteiger partial charge in [-0.1, -0.05) is 6.07 Å². The van der Waals surface area contributed by atoms with Crippen LogP contribution in [0.25, 0.3) is 0 Å². The fourth-order valence-corrected chi connectivity index (χ4v) is 4.61. The molecule has 1 atom stereocenters. The second-order valence-corrected chi connectivity index (χ2v) is 8.17. The number of hydrogen-bond acceptors (Lipinski definition) is 3. The van der Waals surface area contributed by atoms with E-state index in [4.69, 9.17) is 0 Å². The van der Waals surface area contributed by atoms with Crippen molar-refractivity contribution in [1.29, 1.82) is 0 Å². The molecule has 1 fully saturated rings. The molecule has 0 unspecified atom stereocenters. The summed E-state index contributed by atoms with van der Waals surface area (Å²) in [7, 11) is -4.06. The Labute approximate surface area is 159 Å². The number of benzene rings is 2. The predicted molar refractivity (Wildman–Crippen MR) is 93.6 cm³/mol. The molecule has 2 aromatic rings. The summed E-state index contributed by atoms with van der Waals surface area (Å²) in [6.07, 6.45) is -4.56. The third-order valence-electron chi connectivity index (χ3n) is 4.50. The van der Waals surface area contributed by atoms with Crippen LogP contribution < -0.4 is 4.90 Å². The maximum absolute atomic E-state index is 13.1. The number of alkyl halides is 3. The van der Waals surface area contributed by atoms with Crippen LogP contribution >= 0.6 is 0 Å². The minimum absolute atomic E-state index is 0.0468. The van der Waals surface area contributed by atoms with Crippen molar-refractivity contribution in [1.82, 2.24) is 4.31 Å². The average Bonchev–Trinajstić information content (AvgIpc) is 2.63. The Morgan fingerprint density at radius 3 is 2.29 bits per heavy atom. The zero-order valence-corrected chi connectivity index (χ0v) is 15.5. The van der Waals surface area contributed by atoms with Crippen molar-refractivity contribution < 1.29 is 30.8 Å². The van der Waals surface area contributed by atoms with E-state index >= 15 is 0 Å². The Morgan fingerprint density at radius 2 is 1.68 bits per heavy atom. The quantitative estimate of drug-likeness (QED) is 0.722. The SMILES string of the molecule is C[C@H]1C(=O)N(c2cccc(C(F)(F)F)c2)CCN1S(=O)(=O)c1ccc(F)cc1. The molecule has 1 saturated heterocycles. The van der Waals surface area contributed by atoms with Crippen molar-refractivity contribution in [2.45, 2.75) is 24.0 Å². The molecule has 0 spiro atoms. The third kappa shape index (κ3) is 3.74. The molecule has 1 aliphatic heterocycles. The van der Waals surface area contributed by atoms with Crippen molar-refractivity contribution in [3.8, 4) is 0 Å². The summed E-state index contributed by atoms with van der Waals surface area (Å²) in [5.41, 5.74) is -0.850. The van der Waals surface area contributed by atoms with Gasteiger partial charge >= 0.3 is 6.18 Å². The lowest BCUT2D eigenvalue weighted by Gasteiger charge is -2.38.